The molecular weight excluding hydrogens is 325 g/mol. The fourth-order valence-corrected chi connectivity index (χ4v) is 2.41. The quantitative estimate of drug-likeness (QED) is 0.328. The molecule has 1 aromatic heterocycles. The van der Waals surface area contributed by atoms with Gasteiger partial charge in [-0.3, -0.25) is 14.1 Å². The van der Waals surface area contributed by atoms with Crippen molar-refractivity contribution in [3.63, 3.8) is 0 Å². The average Bonchev–Trinajstić information content (AvgIpc) is 2.64. The lowest BCUT2D eigenvalue weighted by Gasteiger charge is -2.17. The summed E-state index contributed by atoms with van der Waals surface area (Å²) in [5.41, 5.74) is 4.17. The monoisotopic (exact) mass is 339 g/mol. The lowest BCUT2D eigenvalue weighted by molar-refractivity contribution is -0.0525. The Labute approximate surface area is 123 Å². The third-order valence-electron chi connectivity index (χ3n) is 2.89. The highest BCUT2D eigenvalue weighted by molar-refractivity contribution is 7.71. The van der Waals surface area contributed by atoms with E-state index in [0.29, 0.717) is 0 Å². The number of nitrogens with zero attached hydrogens (tertiary/aromatic N) is 1. The molecule has 21 heavy (non-hydrogen) atoms. The predicted octanol–water partition coefficient (Wildman–Crippen LogP) is -1.40. The molecule has 0 aliphatic carbocycles. The predicted molar refractivity (Wildman–Crippen MR) is 71.8 cm³/mol. The van der Waals surface area contributed by atoms with Crippen molar-refractivity contribution in [1.29, 1.82) is 0 Å². The summed E-state index contributed by atoms with van der Waals surface area (Å²) in [6.45, 7) is -0.517. The largest absolute Gasteiger partial charge is 0.400 e. The van der Waals surface area contributed by atoms with Gasteiger partial charge in [-0.1, -0.05) is 12.2 Å². The zero-order valence-electron chi connectivity index (χ0n) is 10.5. The summed E-state index contributed by atoms with van der Waals surface area (Å²) in [5.74, 6) is 0. The SMILES string of the molecule is NP(=O)(O)OC[C@H]1O[C@@H](n2ccc(=S)[nH]c2=O)[C@H](O)[C@@H]1O. The number of ether oxygens (including phenoxy) is 1. The van der Waals surface area contributed by atoms with Gasteiger partial charge in [0.05, 0.1) is 6.61 Å². The summed E-state index contributed by atoms with van der Waals surface area (Å²) in [6, 6.07) is 1.41. The van der Waals surface area contributed by atoms with Crippen molar-refractivity contribution >= 4 is 20.0 Å². The number of hydrogen-bond acceptors (Lipinski definition) is 7. The van der Waals surface area contributed by atoms with Crippen LogP contribution in [0.3, 0.4) is 0 Å². The molecule has 10 nitrogen and oxygen atoms in total. The van der Waals surface area contributed by atoms with Crippen molar-refractivity contribution in [2.24, 2.45) is 5.50 Å². The lowest BCUT2D eigenvalue weighted by Crippen LogP contribution is -2.36. The Balaban J connectivity index is 2.18. The molecule has 0 bridgehead atoms. The lowest BCUT2D eigenvalue weighted by atomic mass is 10.1. The van der Waals surface area contributed by atoms with E-state index in [9.17, 15) is 19.6 Å². The molecule has 0 spiro atoms. The first-order valence-electron chi connectivity index (χ1n) is 5.78. The number of nitrogens with one attached hydrogen (secondary N) is 1. The van der Waals surface area contributed by atoms with E-state index in [2.05, 4.69) is 9.51 Å². The normalized spacial score (nSPS) is 32.0. The van der Waals surface area contributed by atoms with Gasteiger partial charge in [-0.15, -0.1) is 0 Å². The number of aromatic amines is 1. The second-order valence-corrected chi connectivity index (χ2v) is 6.25. The first-order valence-corrected chi connectivity index (χ1v) is 7.83. The van der Waals surface area contributed by atoms with Gasteiger partial charge >= 0.3 is 13.4 Å². The fourth-order valence-electron chi connectivity index (χ4n) is 1.90. The molecule has 1 aliphatic heterocycles. The van der Waals surface area contributed by atoms with Gasteiger partial charge in [0.15, 0.2) is 6.23 Å². The van der Waals surface area contributed by atoms with Crippen LogP contribution in [0.2, 0.25) is 0 Å². The van der Waals surface area contributed by atoms with Crippen LogP contribution in [0.4, 0.5) is 0 Å². The van der Waals surface area contributed by atoms with E-state index >= 15 is 0 Å². The summed E-state index contributed by atoms with van der Waals surface area (Å²) in [5, 5.41) is 19.7. The molecular formula is C9H14N3O7PS. The number of H-pyrrole nitrogens is 1. The fraction of sp³-hybridized carbons (Fsp3) is 0.556. The van der Waals surface area contributed by atoms with E-state index < -0.39 is 44.6 Å². The van der Waals surface area contributed by atoms with Crippen LogP contribution in [-0.2, 0) is 13.8 Å². The van der Waals surface area contributed by atoms with E-state index in [-0.39, 0.29) is 4.64 Å². The number of aliphatic hydroxyl groups is 2. The van der Waals surface area contributed by atoms with Crippen LogP contribution in [0.1, 0.15) is 6.23 Å². The topological polar surface area (TPSA) is 160 Å². The molecule has 0 amide bonds. The van der Waals surface area contributed by atoms with Gasteiger partial charge in [0, 0.05) is 6.20 Å². The van der Waals surface area contributed by atoms with Gasteiger partial charge in [-0.25, -0.2) is 14.9 Å². The smallest absolute Gasteiger partial charge is 0.387 e. The Morgan fingerprint density at radius 1 is 1.52 bits per heavy atom. The highest BCUT2D eigenvalue weighted by Crippen LogP contribution is 2.35. The average molecular weight is 339 g/mol. The van der Waals surface area contributed by atoms with Crippen LogP contribution < -0.4 is 11.2 Å². The first kappa shape index (κ1) is 16.5. The summed E-state index contributed by atoms with van der Waals surface area (Å²) in [7, 11) is -4.23. The van der Waals surface area contributed by atoms with E-state index in [4.69, 9.17) is 27.4 Å². The molecule has 1 saturated heterocycles. The van der Waals surface area contributed by atoms with Crippen LogP contribution in [0, 0.1) is 4.64 Å². The van der Waals surface area contributed by atoms with Gasteiger partial charge < -0.3 is 19.8 Å². The Hall–Kier alpha value is -0.910. The van der Waals surface area contributed by atoms with Gasteiger partial charge in [0.25, 0.3) is 0 Å². The third-order valence-corrected chi connectivity index (χ3v) is 3.64. The van der Waals surface area contributed by atoms with Crippen molar-refractivity contribution in [2.75, 3.05) is 6.61 Å². The van der Waals surface area contributed by atoms with Crippen LogP contribution in [-0.4, -0.2) is 49.6 Å². The minimum atomic E-state index is -4.23. The Morgan fingerprint density at radius 2 is 2.19 bits per heavy atom. The molecule has 0 aromatic carbocycles. The van der Waals surface area contributed by atoms with Crippen molar-refractivity contribution in [3.8, 4) is 0 Å². The van der Waals surface area contributed by atoms with Gasteiger partial charge in [-0.2, -0.15) is 0 Å². The molecule has 5 atom stereocenters. The standard InChI is InChI=1S/C9H14N3O7PS/c10-20(16,17)18-3-4-6(13)7(14)8(19-4)12-2-1-5(21)11-9(12)15/h1-2,4,6-8,13-14H,3H2,(H3,10,16,17)(H,11,15,21)/t4-,6-,7-,8-/m1/s1. The Bertz CT molecular complexity index is 670. The van der Waals surface area contributed by atoms with Crippen molar-refractivity contribution in [1.82, 2.24) is 9.55 Å². The molecule has 1 aliphatic rings. The van der Waals surface area contributed by atoms with Crippen LogP contribution >= 0.6 is 20.0 Å². The Morgan fingerprint density at radius 3 is 2.76 bits per heavy atom. The maximum Gasteiger partial charge on any atom is 0.400 e. The number of rotatable bonds is 4. The molecule has 2 heterocycles. The number of aliphatic hydroxyl groups excluding tert-OH is 2. The second kappa shape index (κ2) is 6.07. The number of hydrogen-bond donors (Lipinski definition) is 5. The zero-order chi connectivity index (χ0) is 15.8. The van der Waals surface area contributed by atoms with Crippen molar-refractivity contribution < 1.29 is 28.9 Å². The second-order valence-electron chi connectivity index (χ2n) is 4.42. The summed E-state index contributed by atoms with van der Waals surface area (Å²) in [4.78, 5) is 22.9. The highest BCUT2D eigenvalue weighted by Gasteiger charge is 2.44. The van der Waals surface area contributed by atoms with Crippen molar-refractivity contribution in [2.45, 2.75) is 24.5 Å². The van der Waals surface area contributed by atoms with Crippen LogP contribution in [0.25, 0.3) is 0 Å². The molecule has 6 N–H and O–H groups in total. The summed E-state index contributed by atoms with van der Waals surface area (Å²) < 4.78 is 21.8. The van der Waals surface area contributed by atoms with Gasteiger partial charge in [0.2, 0.25) is 0 Å². The molecule has 2 rings (SSSR count). The maximum absolute atomic E-state index is 11.7. The molecule has 1 aromatic rings. The molecule has 0 saturated carbocycles. The van der Waals surface area contributed by atoms with Gasteiger partial charge in [-0.05, 0) is 6.07 Å². The number of nitrogens with two attached hydrogens (primary N) is 1. The minimum Gasteiger partial charge on any atom is -0.387 e. The van der Waals surface area contributed by atoms with E-state index in [1.54, 1.807) is 0 Å². The summed E-state index contributed by atoms with van der Waals surface area (Å²) >= 11 is 4.78. The van der Waals surface area contributed by atoms with E-state index in [1.165, 1.54) is 12.3 Å². The zero-order valence-corrected chi connectivity index (χ0v) is 12.2. The maximum atomic E-state index is 11.7. The van der Waals surface area contributed by atoms with Gasteiger partial charge in [0.1, 0.15) is 23.0 Å². The molecule has 1 fully saturated rings. The van der Waals surface area contributed by atoms with E-state index in [1.807, 2.05) is 0 Å². The highest BCUT2D eigenvalue weighted by atomic mass is 32.1. The molecule has 1 unspecified atom stereocenters. The van der Waals surface area contributed by atoms with E-state index in [0.717, 1.165) is 4.57 Å². The summed E-state index contributed by atoms with van der Waals surface area (Å²) in [6.07, 6.45) is -3.87. The third kappa shape index (κ3) is 3.84. The minimum absolute atomic E-state index is 0.202. The molecule has 118 valence electrons. The Kier molecular flexibility index (Phi) is 4.76. The molecule has 0 radical (unpaired) electrons. The first-order chi connectivity index (χ1) is 9.69. The van der Waals surface area contributed by atoms with Crippen LogP contribution in [0.5, 0.6) is 0 Å². The van der Waals surface area contributed by atoms with Crippen LogP contribution in [0.15, 0.2) is 17.1 Å². The molecule has 12 heteroatoms. The van der Waals surface area contributed by atoms with Crippen molar-refractivity contribution in [3.05, 3.63) is 27.4 Å². The number of aromatic nitrogens is 2.